The maximum atomic E-state index is 6.06. The van der Waals surface area contributed by atoms with Gasteiger partial charge in [-0.3, -0.25) is 0 Å². The van der Waals surface area contributed by atoms with Gasteiger partial charge in [-0.05, 0) is 57.0 Å². The van der Waals surface area contributed by atoms with Crippen LogP contribution in [0.2, 0.25) is 0 Å². The van der Waals surface area contributed by atoms with Crippen molar-refractivity contribution in [2.24, 2.45) is 5.73 Å². The number of likely N-dealkylation sites (tertiary alicyclic amines) is 1. The lowest BCUT2D eigenvalue weighted by atomic mass is 10.1. The van der Waals surface area contributed by atoms with Crippen molar-refractivity contribution in [3.8, 4) is 11.5 Å². The van der Waals surface area contributed by atoms with Gasteiger partial charge < -0.3 is 20.1 Å². The van der Waals surface area contributed by atoms with Gasteiger partial charge in [0.25, 0.3) is 0 Å². The molecular weight excluding hydrogens is 252 g/mol. The predicted octanol–water partition coefficient (Wildman–Crippen LogP) is 2.06. The molecular formula is C16H26N2O2. The van der Waals surface area contributed by atoms with E-state index in [2.05, 4.69) is 24.1 Å². The van der Waals surface area contributed by atoms with Gasteiger partial charge in [0.2, 0.25) is 0 Å². The molecule has 1 heterocycles. The average Bonchev–Trinajstić information content (AvgIpc) is 2.86. The molecule has 2 rings (SSSR count). The standard InChI is InChI=1S/C16H26N2O2/c1-18-10-8-14(12-18)20-15-7-6-13(5-3-4-9-17)11-16(15)19-2/h6-7,11,14H,3-5,8-10,12,17H2,1-2H3. The molecule has 0 aliphatic carbocycles. The zero-order valence-corrected chi connectivity index (χ0v) is 12.6. The average molecular weight is 278 g/mol. The van der Waals surface area contributed by atoms with E-state index < -0.39 is 0 Å². The molecule has 0 amide bonds. The number of likely N-dealkylation sites (N-methyl/N-ethyl adjacent to an activating group) is 1. The summed E-state index contributed by atoms with van der Waals surface area (Å²) in [4.78, 5) is 2.29. The zero-order chi connectivity index (χ0) is 14.4. The van der Waals surface area contributed by atoms with Crippen molar-refractivity contribution in [2.45, 2.75) is 31.8 Å². The molecule has 20 heavy (non-hydrogen) atoms. The molecule has 1 aromatic carbocycles. The molecule has 1 fully saturated rings. The summed E-state index contributed by atoms with van der Waals surface area (Å²) in [6.45, 7) is 2.85. The van der Waals surface area contributed by atoms with Crippen LogP contribution in [0.4, 0.5) is 0 Å². The van der Waals surface area contributed by atoms with Crippen LogP contribution < -0.4 is 15.2 Å². The fourth-order valence-corrected chi connectivity index (χ4v) is 2.61. The van der Waals surface area contributed by atoms with Gasteiger partial charge >= 0.3 is 0 Å². The number of ether oxygens (including phenoxy) is 2. The number of nitrogens with two attached hydrogens (primary N) is 1. The second kappa shape index (κ2) is 7.50. The van der Waals surface area contributed by atoms with Crippen LogP contribution >= 0.6 is 0 Å². The molecule has 1 aliphatic heterocycles. The molecule has 2 N–H and O–H groups in total. The molecule has 4 nitrogen and oxygen atoms in total. The molecule has 0 spiro atoms. The van der Waals surface area contributed by atoms with Crippen molar-refractivity contribution in [3.63, 3.8) is 0 Å². The second-order valence-electron chi connectivity index (χ2n) is 5.52. The number of methoxy groups -OCH3 is 1. The Labute approximate surface area is 121 Å². The first-order chi connectivity index (χ1) is 9.72. The molecule has 0 bridgehead atoms. The lowest BCUT2D eigenvalue weighted by Gasteiger charge is -2.17. The van der Waals surface area contributed by atoms with E-state index in [0.717, 1.165) is 56.8 Å². The Balaban J connectivity index is 1.98. The summed E-state index contributed by atoms with van der Waals surface area (Å²) in [6.07, 6.45) is 4.58. The summed E-state index contributed by atoms with van der Waals surface area (Å²) in [5.74, 6) is 1.69. The first-order valence-electron chi connectivity index (χ1n) is 7.45. The van der Waals surface area contributed by atoms with Gasteiger partial charge in [0, 0.05) is 13.1 Å². The van der Waals surface area contributed by atoms with Crippen molar-refractivity contribution in [1.29, 1.82) is 0 Å². The third-order valence-corrected chi connectivity index (χ3v) is 3.79. The Kier molecular flexibility index (Phi) is 5.68. The molecule has 4 heteroatoms. The van der Waals surface area contributed by atoms with Crippen molar-refractivity contribution < 1.29 is 9.47 Å². The van der Waals surface area contributed by atoms with E-state index in [9.17, 15) is 0 Å². The van der Waals surface area contributed by atoms with Crippen LogP contribution in [0.15, 0.2) is 18.2 Å². The third kappa shape index (κ3) is 4.12. The van der Waals surface area contributed by atoms with Gasteiger partial charge in [0.15, 0.2) is 11.5 Å². The van der Waals surface area contributed by atoms with Crippen LogP contribution in [0.5, 0.6) is 11.5 Å². The SMILES string of the molecule is COc1cc(CCCCN)ccc1OC1CCN(C)C1. The Morgan fingerprint density at radius 3 is 2.80 bits per heavy atom. The van der Waals surface area contributed by atoms with E-state index in [0.29, 0.717) is 0 Å². The highest BCUT2D eigenvalue weighted by molar-refractivity contribution is 5.43. The quantitative estimate of drug-likeness (QED) is 0.776. The highest BCUT2D eigenvalue weighted by Gasteiger charge is 2.22. The van der Waals surface area contributed by atoms with Crippen molar-refractivity contribution in [2.75, 3.05) is 33.8 Å². The third-order valence-electron chi connectivity index (χ3n) is 3.79. The Morgan fingerprint density at radius 2 is 2.15 bits per heavy atom. The number of hydrogen-bond donors (Lipinski definition) is 1. The number of rotatable bonds is 7. The van der Waals surface area contributed by atoms with Crippen molar-refractivity contribution in [3.05, 3.63) is 23.8 Å². The lowest BCUT2D eigenvalue weighted by Crippen LogP contribution is -2.21. The van der Waals surface area contributed by atoms with Gasteiger partial charge in [0.1, 0.15) is 6.10 Å². The molecule has 1 saturated heterocycles. The minimum Gasteiger partial charge on any atom is -0.493 e. The normalized spacial score (nSPS) is 19.2. The smallest absolute Gasteiger partial charge is 0.161 e. The van der Waals surface area contributed by atoms with Crippen LogP contribution in [-0.4, -0.2) is 44.8 Å². The number of unbranched alkanes of at least 4 members (excludes halogenated alkanes) is 1. The minimum absolute atomic E-state index is 0.275. The van der Waals surface area contributed by atoms with Crippen molar-refractivity contribution in [1.82, 2.24) is 4.90 Å². The number of aryl methyl sites for hydroxylation is 1. The fourth-order valence-electron chi connectivity index (χ4n) is 2.61. The second-order valence-corrected chi connectivity index (χ2v) is 5.52. The van der Waals surface area contributed by atoms with E-state index in [-0.39, 0.29) is 6.10 Å². The molecule has 1 atom stereocenters. The molecule has 1 aliphatic rings. The maximum absolute atomic E-state index is 6.06. The Morgan fingerprint density at radius 1 is 1.30 bits per heavy atom. The van der Waals surface area contributed by atoms with Gasteiger partial charge in [-0.2, -0.15) is 0 Å². The largest absolute Gasteiger partial charge is 0.493 e. The predicted molar refractivity (Wildman–Crippen MR) is 81.5 cm³/mol. The molecule has 1 aromatic rings. The minimum atomic E-state index is 0.275. The van der Waals surface area contributed by atoms with Crippen LogP contribution in [0.25, 0.3) is 0 Å². The zero-order valence-electron chi connectivity index (χ0n) is 12.6. The van der Waals surface area contributed by atoms with Gasteiger partial charge in [-0.1, -0.05) is 6.07 Å². The number of hydrogen-bond acceptors (Lipinski definition) is 4. The van der Waals surface area contributed by atoms with Crippen molar-refractivity contribution >= 4 is 0 Å². The molecule has 0 aromatic heterocycles. The molecule has 112 valence electrons. The molecule has 0 radical (unpaired) electrons. The summed E-state index contributed by atoms with van der Waals surface area (Å²) in [6, 6.07) is 6.26. The molecule has 0 saturated carbocycles. The molecule has 1 unspecified atom stereocenters. The highest BCUT2D eigenvalue weighted by Crippen LogP contribution is 2.30. The Hall–Kier alpha value is -1.26. The van der Waals surface area contributed by atoms with E-state index in [1.807, 2.05) is 6.07 Å². The van der Waals surface area contributed by atoms with Crippen LogP contribution in [0.3, 0.4) is 0 Å². The first-order valence-corrected chi connectivity index (χ1v) is 7.45. The summed E-state index contributed by atoms with van der Waals surface area (Å²) in [7, 11) is 3.83. The van der Waals surface area contributed by atoms with Crippen LogP contribution in [0.1, 0.15) is 24.8 Å². The number of benzene rings is 1. The monoisotopic (exact) mass is 278 g/mol. The summed E-state index contributed by atoms with van der Waals surface area (Å²) < 4.78 is 11.5. The topological polar surface area (TPSA) is 47.7 Å². The van der Waals surface area contributed by atoms with E-state index in [4.69, 9.17) is 15.2 Å². The van der Waals surface area contributed by atoms with Gasteiger partial charge in [0.05, 0.1) is 7.11 Å². The van der Waals surface area contributed by atoms with E-state index in [1.165, 1.54) is 5.56 Å². The fraction of sp³-hybridized carbons (Fsp3) is 0.625. The van der Waals surface area contributed by atoms with E-state index >= 15 is 0 Å². The summed E-state index contributed by atoms with van der Waals surface area (Å²) in [5, 5.41) is 0. The summed E-state index contributed by atoms with van der Waals surface area (Å²) >= 11 is 0. The highest BCUT2D eigenvalue weighted by atomic mass is 16.5. The Bertz CT molecular complexity index is 423. The van der Waals surface area contributed by atoms with Crippen LogP contribution in [0, 0.1) is 0 Å². The van der Waals surface area contributed by atoms with Gasteiger partial charge in [-0.15, -0.1) is 0 Å². The number of nitrogens with zero attached hydrogens (tertiary/aromatic N) is 1. The lowest BCUT2D eigenvalue weighted by molar-refractivity contribution is 0.199. The first kappa shape index (κ1) is 15.1. The van der Waals surface area contributed by atoms with Crippen LogP contribution in [-0.2, 0) is 6.42 Å². The van der Waals surface area contributed by atoms with E-state index in [1.54, 1.807) is 7.11 Å². The summed E-state index contributed by atoms with van der Waals surface area (Å²) in [5.41, 5.74) is 6.81. The maximum Gasteiger partial charge on any atom is 0.161 e. The van der Waals surface area contributed by atoms with Gasteiger partial charge in [-0.25, -0.2) is 0 Å².